The third-order valence-electron chi connectivity index (χ3n) is 4.75. The van der Waals surface area contributed by atoms with Crippen LogP contribution in [-0.2, 0) is 12.0 Å². The zero-order chi connectivity index (χ0) is 21.2. The Kier molecular flexibility index (Phi) is 5.64. The van der Waals surface area contributed by atoms with E-state index in [0.29, 0.717) is 18.1 Å². The van der Waals surface area contributed by atoms with Crippen LogP contribution >= 0.6 is 0 Å². The van der Waals surface area contributed by atoms with E-state index >= 15 is 0 Å². The molecule has 0 aliphatic rings. The minimum Gasteiger partial charge on any atom is -0.382 e. The molecular formula is C23H29N5O. The van der Waals surface area contributed by atoms with Crippen molar-refractivity contribution >= 4 is 17.5 Å². The number of nitrogens with zero attached hydrogens (tertiary/aromatic N) is 2. The van der Waals surface area contributed by atoms with Crippen molar-refractivity contribution in [2.75, 3.05) is 11.1 Å². The molecule has 2 amide bonds. The number of anilines is 2. The highest BCUT2D eigenvalue weighted by molar-refractivity contribution is 5.93. The van der Waals surface area contributed by atoms with E-state index in [2.05, 4.69) is 16.7 Å². The SMILES string of the molecule is Cc1ccc(-n2nc(C(C)(C)C)c(NC(=O)NCc3ccccc3)c2N)c(C)c1. The summed E-state index contributed by atoms with van der Waals surface area (Å²) in [6.07, 6.45) is 0. The van der Waals surface area contributed by atoms with Crippen molar-refractivity contribution in [1.82, 2.24) is 15.1 Å². The van der Waals surface area contributed by atoms with E-state index < -0.39 is 0 Å². The Bertz CT molecular complexity index is 1020. The van der Waals surface area contributed by atoms with Crippen LogP contribution in [0.1, 0.15) is 43.2 Å². The minimum absolute atomic E-state index is 0.292. The third kappa shape index (κ3) is 4.59. The number of amides is 2. The van der Waals surface area contributed by atoms with Gasteiger partial charge < -0.3 is 16.4 Å². The summed E-state index contributed by atoms with van der Waals surface area (Å²) < 4.78 is 1.71. The van der Waals surface area contributed by atoms with Gasteiger partial charge in [0.15, 0.2) is 5.82 Å². The predicted molar refractivity (Wildman–Crippen MR) is 118 cm³/mol. The number of nitrogens with two attached hydrogens (primary N) is 1. The van der Waals surface area contributed by atoms with Crippen molar-refractivity contribution in [3.63, 3.8) is 0 Å². The van der Waals surface area contributed by atoms with Gasteiger partial charge in [-0.25, -0.2) is 9.48 Å². The summed E-state index contributed by atoms with van der Waals surface area (Å²) in [5.74, 6) is 0.414. The summed E-state index contributed by atoms with van der Waals surface area (Å²) in [4.78, 5) is 12.6. The summed E-state index contributed by atoms with van der Waals surface area (Å²) in [6.45, 7) is 10.7. The molecule has 29 heavy (non-hydrogen) atoms. The summed E-state index contributed by atoms with van der Waals surface area (Å²) in [5.41, 5.74) is 11.6. The molecular weight excluding hydrogens is 362 g/mol. The molecule has 0 bridgehead atoms. The normalized spacial score (nSPS) is 11.3. The number of aromatic nitrogens is 2. The van der Waals surface area contributed by atoms with Gasteiger partial charge in [-0.1, -0.05) is 68.8 Å². The van der Waals surface area contributed by atoms with Gasteiger partial charge >= 0.3 is 6.03 Å². The van der Waals surface area contributed by atoms with Crippen molar-refractivity contribution in [3.8, 4) is 5.69 Å². The number of hydrogen-bond donors (Lipinski definition) is 3. The molecule has 152 valence electrons. The van der Waals surface area contributed by atoms with Gasteiger partial charge in [0.25, 0.3) is 0 Å². The third-order valence-corrected chi connectivity index (χ3v) is 4.75. The van der Waals surface area contributed by atoms with Crippen LogP contribution in [0.4, 0.5) is 16.3 Å². The lowest BCUT2D eigenvalue weighted by molar-refractivity contribution is 0.251. The van der Waals surface area contributed by atoms with Crippen molar-refractivity contribution in [1.29, 1.82) is 0 Å². The maximum absolute atomic E-state index is 12.6. The summed E-state index contributed by atoms with van der Waals surface area (Å²) in [5, 5.41) is 10.6. The van der Waals surface area contributed by atoms with Crippen molar-refractivity contribution in [2.45, 2.75) is 46.6 Å². The van der Waals surface area contributed by atoms with Crippen LogP contribution in [0, 0.1) is 13.8 Å². The van der Waals surface area contributed by atoms with Crippen molar-refractivity contribution in [3.05, 3.63) is 70.9 Å². The fraction of sp³-hybridized carbons (Fsp3) is 0.304. The Balaban J connectivity index is 1.91. The lowest BCUT2D eigenvalue weighted by Gasteiger charge is -2.18. The lowest BCUT2D eigenvalue weighted by atomic mass is 9.91. The summed E-state index contributed by atoms with van der Waals surface area (Å²) >= 11 is 0. The molecule has 1 heterocycles. The van der Waals surface area contributed by atoms with E-state index in [-0.39, 0.29) is 11.4 Å². The Morgan fingerprint density at radius 3 is 2.41 bits per heavy atom. The molecule has 3 aromatic rings. The summed E-state index contributed by atoms with van der Waals surface area (Å²) in [7, 11) is 0. The topological polar surface area (TPSA) is 85.0 Å². The first kappa shape index (κ1) is 20.5. The van der Waals surface area contributed by atoms with Crippen LogP contribution in [0.15, 0.2) is 48.5 Å². The molecule has 2 aromatic carbocycles. The first-order valence-electron chi connectivity index (χ1n) is 9.72. The monoisotopic (exact) mass is 391 g/mol. The highest BCUT2D eigenvalue weighted by Crippen LogP contribution is 2.35. The number of nitrogen functional groups attached to an aromatic ring is 1. The van der Waals surface area contributed by atoms with E-state index in [1.54, 1.807) is 4.68 Å². The lowest BCUT2D eigenvalue weighted by Crippen LogP contribution is -2.29. The number of rotatable bonds is 4. The fourth-order valence-electron chi connectivity index (χ4n) is 3.24. The molecule has 0 atom stereocenters. The van der Waals surface area contributed by atoms with E-state index in [1.807, 2.05) is 77.1 Å². The van der Waals surface area contributed by atoms with Gasteiger partial charge in [-0.3, -0.25) is 0 Å². The second kappa shape index (κ2) is 7.99. The van der Waals surface area contributed by atoms with Gasteiger partial charge in [-0.15, -0.1) is 0 Å². The number of aryl methyl sites for hydroxylation is 2. The van der Waals surface area contributed by atoms with E-state index in [9.17, 15) is 4.79 Å². The van der Waals surface area contributed by atoms with Gasteiger partial charge in [-0.2, -0.15) is 5.10 Å². The van der Waals surface area contributed by atoms with Gasteiger partial charge in [0.2, 0.25) is 0 Å². The van der Waals surface area contributed by atoms with Crippen LogP contribution in [-0.4, -0.2) is 15.8 Å². The number of nitrogens with one attached hydrogen (secondary N) is 2. The maximum atomic E-state index is 12.6. The highest BCUT2D eigenvalue weighted by Gasteiger charge is 2.27. The molecule has 4 N–H and O–H groups in total. The van der Waals surface area contributed by atoms with Crippen LogP contribution in [0.2, 0.25) is 0 Å². The number of urea groups is 1. The van der Waals surface area contributed by atoms with E-state index in [1.165, 1.54) is 5.56 Å². The fourth-order valence-corrected chi connectivity index (χ4v) is 3.24. The van der Waals surface area contributed by atoms with Crippen LogP contribution in [0.3, 0.4) is 0 Å². The second-order valence-electron chi connectivity index (χ2n) is 8.35. The van der Waals surface area contributed by atoms with Gasteiger partial charge in [0, 0.05) is 12.0 Å². The van der Waals surface area contributed by atoms with Gasteiger partial charge in [0.05, 0.1) is 11.4 Å². The Labute approximate surface area is 172 Å². The molecule has 0 aliphatic heterocycles. The zero-order valence-electron chi connectivity index (χ0n) is 17.7. The van der Waals surface area contributed by atoms with Crippen molar-refractivity contribution < 1.29 is 4.79 Å². The highest BCUT2D eigenvalue weighted by atomic mass is 16.2. The van der Waals surface area contributed by atoms with E-state index in [4.69, 9.17) is 10.8 Å². The number of carbonyl (C=O) groups is 1. The second-order valence-corrected chi connectivity index (χ2v) is 8.35. The van der Waals surface area contributed by atoms with Crippen LogP contribution in [0.25, 0.3) is 5.69 Å². The summed E-state index contributed by atoms with van der Waals surface area (Å²) in [6, 6.07) is 15.6. The number of benzene rings is 2. The predicted octanol–water partition coefficient (Wildman–Crippen LogP) is 4.69. The van der Waals surface area contributed by atoms with Crippen LogP contribution < -0.4 is 16.4 Å². The molecule has 0 fully saturated rings. The molecule has 6 nitrogen and oxygen atoms in total. The first-order chi connectivity index (χ1) is 13.7. The van der Waals surface area contributed by atoms with Gasteiger partial charge in [-0.05, 0) is 31.0 Å². The molecule has 0 radical (unpaired) electrons. The Morgan fingerprint density at radius 1 is 1.10 bits per heavy atom. The molecule has 0 saturated carbocycles. The largest absolute Gasteiger partial charge is 0.382 e. The number of hydrogen-bond acceptors (Lipinski definition) is 3. The molecule has 6 heteroatoms. The standard InChI is InChI=1S/C23H29N5O/c1-15-11-12-18(16(2)13-15)28-21(24)19(20(27-28)23(3,4)5)26-22(29)25-14-17-9-7-6-8-10-17/h6-13H,14,24H2,1-5H3,(H2,25,26,29). The molecule has 0 spiro atoms. The van der Waals surface area contributed by atoms with Crippen molar-refractivity contribution in [2.24, 2.45) is 0 Å². The Hall–Kier alpha value is -3.28. The quantitative estimate of drug-likeness (QED) is 0.603. The van der Waals surface area contributed by atoms with Gasteiger partial charge in [0.1, 0.15) is 5.69 Å². The zero-order valence-corrected chi connectivity index (χ0v) is 17.7. The average molecular weight is 392 g/mol. The Morgan fingerprint density at radius 2 is 1.79 bits per heavy atom. The maximum Gasteiger partial charge on any atom is 0.319 e. The first-order valence-corrected chi connectivity index (χ1v) is 9.72. The smallest absolute Gasteiger partial charge is 0.319 e. The van der Waals surface area contributed by atoms with E-state index in [0.717, 1.165) is 22.5 Å². The molecule has 1 aromatic heterocycles. The van der Waals surface area contributed by atoms with Crippen LogP contribution in [0.5, 0.6) is 0 Å². The number of carbonyl (C=O) groups excluding carboxylic acids is 1. The molecule has 3 rings (SSSR count). The average Bonchev–Trinajstić information content (AvgIpc) is 2.98. The molecule has 0 aliphatic carbocycles. The molecule has 0 unspecified atom stereocenters. The molecule has 0 saturated heterocycles. The minimum atomic E-state index is -0.314.